The second-order valence-corrected chi connectivity index (χ2v) is 6.19. The zero-order valence-corrected chi connectivity index (χ0v) is 14.4. The molecule has 1 fully saturated rings. The van der Waals surface area contributed by atoms with Crippen molar-refractivity contribution in [1.82, 2.24) is 0 Å². The normalized spacial score (nSPS) is 17.3. The fourth-order valence-corrected chi connectivity index (χ4v) is 3.23. The highest BCUT2D eigenvalue weighted by Gasteiger charge is 2.43. The minimum Gasteiger partial charge on any atom is -0.415 e. The number of rotatable bonds is 5. The van der Waals surface area contributed by atoms with E-state index in [-0.39, 0.29) is 11.5 Å². The quantitative estimate of drug-likeness (QED) is 0.410. The lowest BCUT2D eigenvalue weighted by Gasteiger charge is -2.35. The Balaban J connectivity index is 2.30. The van der Waals surface area contributed by atoms with Crippen molar-refractivity contribution >= 4 is 5.97 Å². The van der Waals surface area contributed by atoms with E-state index in [2.05, 4.69) is 4.74 Å². The molecule has 1 aliphatic carbocycles. The average molecular weight is 367 g/mol. The Morgan fingerprint density at radius 3 is 2.35 bits per heavy atom. The molecule has 4 nitrogen and oxygen atoms in total. The number of benzene rings is 1. The number of nitriles is 1. The largest absolute Gasteiger partial charge is 0.573 e. The minimum absolute atomic E-state index is 0.0560. The third kappa shape index (κ3) is 4.78. The molecular weight excluding hydrogens is 347 g/mol. The maximum absolute atomic E-state index is 12.9. The fourth-order valence-electron chi connectivity index (χ4n) is 3.23. The number of hydrogen-bond acceptors (Lipinski definition) is 4. The molecule has 140 valence electrons. The monoisotopic (exact) mass is 367 g/mol. The second kappa shape index (κ2) is 8.26. The van der Waals surface area contributed by atoms with Crippen LogP contribution in [0.4, 0.5) is 13.2 Å². The third-order valence-electron chi connectivity index (χ3n) is 4.44. The lowest BCUT2D eigenvalue weighted by Crippen LogP contribution is -2.39. The first-order valence-electron chi connectivity index (χ1n) is 8.49. The molecule has 7 heteroatoms. The van der Waals surface area contributed by atoms with Gasteiger partial charge in [0.05, 0.1) is 5.41 Å². The molecule has 1 saturated carbocycles. The lowest BCUT2D eigenvalue weighted by molar-refractivity contribution is -0.274. The highest BCUT2D eigenvalue weighted by Crippen LogP contribution is 2.41. The van der Waals surface area contributed by atoms with Gasteiger partial charge in [0.1, 0.15) is 11.8 Å². The van der Waals surface area contributed by atoms with Gasteiger partial charge in [0, 0.05) is 0 Å². The van der Waals surface area contributed by atoms with Crippen LogP contribution in [0.5, 0.6) is 5.75 Å². The van der Waals surface area contributed by atoms with Gasteiger partial charge in [0.2, 0.25) is 5.76 Å². The molecule has 1 aromatic rings. The Kier molecular flexibility index (Phi) is 6.30. The second-order valence-electron chi connectivity index (χ2n) is 6.19. The van der Waals surface area contributed by atoms with Crippen LogP contribution in [0.25, 0.3) is 0 Å². The van der Waals surface area contributed by atoms with Gasteiger partial charge in [0.15, 0.2) is 0 Å². The Morgan fingerprint density at radius 2 is 1.85 bits per heavy atom. The number of esters is 1. The Labute approximate surface area is 150 Å². The van der Waals surface area contributed by atoms with Crippen LogP contribution in [0, 0.1) is 11.3 Å². The van der Waals surface area contributed by atoms with E-state index in [1.54, 1.807) is 0 Å². The summed E-state index contributed by atoms with van der Waals surface area (Å²) in [4.78, 5) is 12.9. The maximum atomic E-state index is 12.9. The topological polar surface area (TPSA) is 59.3 Å². The number of carbonyl (C=O) groups excluding carboxylic acids is 1. The van der Waals surface area contributed by atoms with Crippen molar-refractivity contribution in [2.24, 2.45) is 0 Å². The van der Waals surface area contributed by atoms with Crippen molar-refractivity contribution in [3.63, 3.8) is 0 Å². The van der Waals surface area contributed by atoms with Gasteiger partial charge in [-0.2, -0.15) is 5.26 Å². The molecule has 0 amide bonds. The molecule has 1 aromatic carbocycles. The fraction of sp³-hybridized carbons (Fsp3) is 0.474. The summed E-state index contributed by atoms with van der Waals surface area (Å²) in [7, 11) is 0. The predicted molar refractivity (Wildman–Crippen MR) is 88.0 cm³/mol. The molecule has 0 aliphatic heterocycles. The third-order valence-corrected chi connectivity index (χ3v) is 4.44. The summed E-state index contributed by atoms with van der Waals surface area (Å²) in [6.45, 7) is 1.82. The van der Waals surface area contributed by atoms with Gasteiger partial charge in [-0.15, -0.1) is 13.2 Å². The summed E-state index contributed by atoms with van der Waals surface area (Å²) < 4.78 is 46.1. The number of allylic oxidation sites excluding steroid dienone is 2. The Morgan fingerprint density at radius 1 is 1.23 bits per heavy atom. The van der Waals surface area contributed by atoms with Crippen molar-refractivity contribution in [3.05, 3.63) is 41.7 Å². The van der Waals surface area contributed by atoms with E-state index in [0.717, 1.165) is 19.3 Å². The van der Waals surface area contributed by atoms with E-state index in [1.165, 1.54) is 30.3 Å². The SMILES string of the molecule is CC/C=C(/C#N)OC(=O)C1(c2ccc(OC(F)(F)F)cc2)CCCCC1. The summed E-state index contributed by atoms with van der Waals surface area (Å²) in [6, 6.07) is 7.16. The van der Waals surface area contributed by atoms with Crippen LogP contribution in [0.3, 0.4) is 0 Å². The zero-order valence-electron chi connectivity index (χ0n) is 14.4. The summed E-state index contributed by atoms with van der Waals surface area (Å²) in [5, 5.41) is 9.08. The lowest BCUT2D eigenvalue weighted by atomic mass is 9.69. The standard InChI is InChI=1S/C19H20F3NO3/c1-2-6-16(13-23)25-17(24)18(11-4-3-5-12-18)14-7-9-15(10-8-14)26-19(20,21)22/h6-10H,2-5,11-12H2,1H3/b16-6-. The van der Waals surface area contributed by atoms with Crippen LogP contribution in [0.15, 0.2) is 36.1 Å². The smallest absolute Gasteiger partial charge is 0.415 e. The van der Waals surface area contributed by atoms with Crippen LogP contribution in [-0.2, 0) is 14.9 Å². The van der Waals surface area contributed by atoms with E-state index in [9.17, 15) is 18.0 Å². The molecule has 0 unspecified atom stereocenters. The molecule has 0 heterocycles. The van der Waals surface area contributed by atoms with Crippen LogP contribution in [0.1, 0.15) is 51.0 Å². The molecule has 0 N–H and O–H groups in total. The first kappa shape index (κ1) is 19.8. The molecular formula is C19H20F3NO3. The van der Waals surface area contributed by atoms with Crippen LogP contribution >= 0.6 is 0 Å². The maximum Gasteiger partial charge on any atom is 0.573 e. The predicted octanol–water partition coefficient (Wildman–Crippen LogP) is 5.15. The van der Waals surface area contributed by atoms with Gasteiger partial charge in [-0.25, -0.2) is 0 Å². The summed E-state index contributed by atoms with van der Waals surface area (Å²) in [5.74, 6) is -0.938. The van der Waals surface area contributed by atoms with Gasteiger partial charge in [-0.05, 0) is 43.0 Å². The van der Waals surface area contributed by atoms with E-state index in [1.807, 2.05) is 13.0 Å². The minimum atomic E-state index is -4.77. The molecule has 0 bridgehead atoms. The summed E-state index contributed by atoms with van der Waals surface area (Å²) in [5.41, 5.74) is -0.385. The number of carbonyl (C=O) groups is 1. The molecule has 0 spiro atoms. The zero-order chi connectivity index (χ0) is 19.2. The molecule has 0 aromatic heterocycles. The number of hydrogen-bond donors (Lipinski definition) is 0. The number of alkyl halides is 3. The molecule has 0 radical (unpaired) electrons. The Hall–Kier alpha value is -2.49. The van der Waals surface area contributed by atoms with Gasteiger partial charge in [0.25, 0.3) is 0 Å². The van der Waals surface area contributed by atoms with Gasteiger partial charge >= 0.3 is 12.3 Å². The van der Waals surface area contributed by atoms with Crippen molar-refractivity contribution in [3.8, 4) is 11.8 Å². The van der Waals surface area contributed by atoms with E-state index in [0.29, 0.717) is 24.8 Å². The van der Waals surface area contributed by atoms with Crippen LogP contribution in [0.2, 0.25) is 0 Å². The summed E-state index contributed by atoms with van der Waals surface area (Å²) in [6.07, 6.45) is 0.925. The molecule has 26 heavy (non-hydrogen) atoms. The van der Waals surface area contributed by atoms with Crippen molar-refractivity contribution in [2.75, 3.05) is 0 Å². The summed E-state index contributed by atoms with van der Waals surface area (Å²) >= 11 is 0. The van der Waals surface area contributed by atoms with Gasteiger partial charge in [-0.3, -0.25) is 4.79 Å². The van der Waals surface area contributed by atoms with Crippen molar-refractivity contribution in [1.29, 1.82) is 5.26 Å². The van der Waals surface area contributed by atoms with Crippen molar-refractivity contribution in [2.45, 2.75) is 57.2 Å². The van der Waals surface area contributed by atoms with Crippen LogP contribution < -0.4 is 4.74 Å². The van der Waals surface area contributed by atoms with Crippen molar-refractivity contribution < 1.29 is 27.4 Å². The van der Waals surface area contributed by atoms with Gasteiger partial charge in [-0.1, -0.05) is 38.3 Å². The van der Waals surface area contributed by atoms with Crippen LogP contribution in [-0.4, -0.2) is 12.3 Å². The van der Waals surface area contributed by atoms with E-state index >= 15 is 0 Å². The van der Waals surface area contributed by atoms with Gasteiger partial charge < -0.3 is 9.47 Å². The van der Waals surface area contributed by atoms with E-state index in [4.69, 9.17) is 10.00 Å². The molecule has 0 atom stereocenters. The highest BCUT2D eigenvalue weighted by molar-refractivity contribution is 5.84. The number of ether oxygens (including phenoxy) is 2. The molecule has 2 rings (SSSR count). The molecule has 1 aliphatic rings. The Bertz CT molecular complexity index is 696. The molecule has 0 saturated heterocycles. The first-order chi connectivity index (χ1) is 12.3. The first-order valence-corrected chi connectivity index (χ1v) is 8.49. The van der Waals surface area contributed by atoms with E-state index < -0.39 is 17.7 Å². The number of halogens is 3. The number of nitrogens with zero attached hydrogens (tertiary/aromatic N) is 1. The highest BCUT2D eigenvalue weighted by atomic mass is 19.4. The average Bonchev–Trinajstić information content (AvgIpc) is 2.61.